The maximum Gasteiger partial charge on any atom is 0.137 e. The summed E-state index contributed by atoms with van der Waals surface area (Å²) in [6.45, 7) is 4.65. The topological polar surface area (TPSA) is 77.8 Å². The predicted octanol–water partition coefficient (Wildman–Crippen LogP) is 5.30. The largest absolute Gasteiger partial charge is 0.381 e. The molecule has 6 rings (SSSR count). The van der Waals surface area contributed by atoms with E-state index in [4.69, 9.17) is 4.74 Å². The molecular weight excluding hydrogens is 455 g/mol. The van der Waals surface area contributed by atoms with Crippen LogP contribution in [0, 0.1) is 11.2 Å². The van der Waals surface area contributed by atoms with Gasteiger partial charge in [-0.15, -0.1) is 5.10 Å². The van der Waals surface area contributed by atoms with E-state index in [0.717, 1.165) is 67.7 Å². The molecule has 186 valence electrons. The fourth-order valence-electron chi connectivity index (χ4n) is 4.82. The average molecular weight is 488 g/mol. The quantitative estimate of drug-likeness (QED) is 0.364. The maximum atomic E-state index is 13.8. The number of halogens is 1. The summed E-state index contributed by atoms with van der Waals surface area (Å²) in [5.41, 5.74) is 3.17. The second-order valence-corrected chi connectivity index (χ2v) is 10.3. The molecule has 0 radical (unpaired) electrons. The van der Waals surface area contributed by atoms with E-state index in [1.165, 1.54) is 12.1 Å². The van der Waals surface area contributed by atoms with Crippen molar-refractivity contribution < 1.29 is 10.5 Å². The number of nitrogens with one attached hydrogen (secondary N) is 1. The number of hydrogen-bond acceptors (Lipinski definition) is 6. The van der Waals surface area contributed by atoms with E-state index in [0.29, 0.717) is 23.7 Å². The molecule has 0 unspecified atom stereocenters. The van der Waals surface area contributed by atoms with E-state index in [-0.39, 0.29) is 11.2 Å². The fourth-order valence-corrected chi connectivity index (χ4v) is 4.82. The third-order valence-electron chi connectivity index (χ3n) is 7.40. The monoisotopic (exact) mass is 487 g/mol. The molecule has 1 saturated carbocycles. The summed E-state index contributed by atoms with van der Waals surface area (Å²) in [5, 5.41) is 13.2. The Labute approximate surface area is 211 Å². The van der Waals surface area contributed by atoms with Crippen LogP contribution in [0.15, 0.2) is 55.0 Å². The molecule has 7 nitrogen and oxygen atoms in total. The number of benzene rings is 2. The first kappa shape index (κ1) is 21.9. The molecule has 2 aromatic heterocycles. The van der Waals surface area contributed by atoms with Crippen molar-refractivity contribution in [3.8, 4) is 0 Å². The van der Waals surface area contributed by atoms with Crippen LogP contribution in [0.2, 0.25) is 0 Å². The Morgan fingerprint density at radius 1 is 1.17 bits per heavy atom. The van der Waals surface area contributed by atoms with Crippen molar-refractivity contribution in [1.29, 1.82) is 0 Å². The Balaban J connectivity index is 1.33. The van der Waals surface area contributed by atoms with E-state index >= 15 is 0 Å². The lowest BCUT2D eigenvalue weighted by molar-refractivity contribution is 0.0300. The zero-order chi connectivity index (χ0) is 25.5. The molecular formula is C28H31FN6O. The Morgan fingerprint density at radius 2 is 1.97 bits per heavy atom. The van der Waals surface area contributed by atoms with Crippen LogP contribution in [-0.2, 0) is 11.2 Å². The summed E-state index contributed by atoms with van der Waals surface area (Å²) in [7, 11) is 0. The van der Waals surface area contributed by atoms with Gasteiger partial charge in [-0.05, 0) is 72.9 Å². The minimum Gasteiger partial charge on any atom is -0.381 e. The molecule has 3 heterocycles. The minimum absolute atomic E-state index is 0.152. The van der Waals surface area contributed by atoms with Crippen LogP contribution in [0.25, 0.3) is 10.9 Å². The molecule has 0 amide bonds. The van der Waals surface area contributed by atoms with Gasteiger partial charge in [0.15, 0.2) is 0 Å². The van der Waals surface area contributed by atoms with Gasteiger partial charge in [-0.1, -0.05) is 30.3 Å². The number of ether oxygens (including phenoxy) is 1. The first-order valence-corrected chi connectivity index (χ1v) is 12.7. The molecule has 1 aliphatic heterocycles. The fraction of sp³-hybridized carbons (Fsp3) is 0.429. The highest BCUT2D eigenvalue weighted by atomic mass is 19.1. The zero-order valence-corrected chi connectivity index (χ0v) is 20.5. The van der Waals surface area contributed by atoms with E-state index in [1.54, 1.807) is 18.5 Å². The summed E-state index contributed by atoms with van der Waals surface area (Å²) >= 11 is 0. The molecule has 4 aromatic rings. The van der Waals surface area contributed by atoms with Gasteiger partial charge in [-0.25, -0.2) is 19.0 Å². The average Bonchev–Trinajstić information content (AvgIpc) is 3.64. The van der Waals surface area contributed by atoms with Crippen LogP contribution in [0.3, 0.4) is 0 Å². The van der Waals surface area contributed by atoms with Crippen molar-refractivity contribution in [3.63, 3.8) is 0 Å². The summed E-state index contributed by atoms with van der Waals surface area (Å²) < 4.78 is 30.7. The minimum atomic E-state index is -1.23. The van der Waals surface area contributed by atoms with Gasteiger partial charge in [0, 0.05) is 38.6 Å². The molecule has 1 N–H and O–H groups in total. The molecule has 8 heteroatoms. The first-order valence-electron chi connectivity index (χ1n) is 13.2. The molecule has 0 bridgehead atoms. The number of nitrogens with zero attached hydrogens (tertiary/aromatic N) is 5. The van der Waals surface area contributed by atoms with E-state index in [2.05, 4.69) is 38.6 Å². The van der Waals surface area contributed by atoms with Crippen molar-refractivity contribution >= 4 is 16.7 Å². The number of rotatable bonds is 8. The SMILES string of the molecule is [2H][C@@](Cc1ccc2ncnc(NCC3(C)CCOCC3)c2c1)(c1ccc(F)cc1)c1cn(C2CC2)nn1. The van der Waals surface area contributed by atoms with Crippen LogP contribution < -0.4 is 5.32 Å². The van der Waals surface area contributed by atoms with E-state index in [1.807, 2.05) is 23.0 Å². The van der Waals surface area contributed by atoms with Crippen LogP contribution in [-0.4, -0.2) is 44.7 Å². The summed E-state index contributed by atoms with van der Waals surface area (Å²) in [4.78, 5) is 9.01. The second-order valence-electron chi connectivity index (χ2n) is 10.3. The molecule has 2 fully saturated rings. The van der Waals surface area contributed by atoms with Crippen LogP contribution in [0.4, 0.5) is 10.2 Å². The van der Waals surface area contributed by atoms with Crippen molar-refractivity contribution in [2.24, 2.45) is 5.41 Å². The molecule has 1 saturated heterocycles. The Kier molecular flexibility index (Phi) is 5.81. The number of fused-ring (bicyclic) bond motifs is 1. The standard InChI is InChI=1S/C28H31FN6O/c1-28(10-12-36-13-11-28)17-30-27-24-15-19(2-9-25(24)31-18-32-27)14-23(20-3-5-21(29)6-4-20)26-16-35(34-33-26)22-7-8-22/h2-6,9,15-16,18,22-23H,7-8,10-14,17H2,1H3,(H,30,31,32)/t23-/m1/s1/i23D. The molecule has 0 spiro atoms. The number of hydrogen-bond donors (Lipinski definition) is 1. The zero-order valence-electron chi connectivity index (χ0n) is 21.5. The van der Waals surface area contributed by atoms with Gasteiger partial charge >= 0.3 is 0 Å². The Hall–Kier alpha value is -3.39. The van der Waals surface area contributed by atoms with Gasteiger partial charge in [0.05, 0.1) is 17.3 Å². The third-order valence-corrected chi connectivity index (χ3v) is 7.40. The number of aromatic nitrogens is 5. The van der Waals surface area contributed by atoms with Gasteiger partial charge in [-0.2, -0.15) is 0 Å². The van der Waals surface area contributed by atoms with E-state index in [9.17, 15) is 5.76 Å². The highest BCUT2D eigenvalue weighted by molar-refractivity contribution is 5.89. The van der Waals surface area contributed by atoms with E-state index < -0.39 is 5.89 Å². The van der Waals surface area contributed by atoms with Crippen LogP contribution in [0.1, 0.15) is 62.7 Å². The molecule has 2 aromatic carbocycles. The lowest BCUT2D eigenvalue weighted by Gasteiger charge is -2.33. The maximum absolute atomic E-state index is 13.8. The van der Waals surface area contributed by atoms with Gasteiger partial charge < -0.3 is 10.1 Å². The predicted molar refractivity (Wildman–Crippen MR) is 136 cm³/mol. The van der Waals surface area contributed by atoms with Crippen molar-refractivity contribution in [1.82, 2.24) is 25.0 Å². The van der Waals surface area contributed by atoms with Gasteiger partial charge in [0.2, 0.25) is 0 Å². The smallest absolute Gasteiger partial charge is 0.137 e. The lowest BCUT2D eigenvalue weighted by Crippen LogP contribution is -2.33. The van der Waals surface area contributed by atoms with Crippen molar-refractivity contribution in [2.45, 2.75) is 51.0 Å². The third kappa shape index (κ3) is 4.95. The second kappa shape index (κ2) is 9.58. The molecule has 1 atom stereocenters. The highest BCUT2D eigenvalue weighted by Crippen LogP contribution is 2.36. The molecule has 36 heavy (non-hydrogen) atoms. The summed E-state index contributed by atoms with van der Waals surface area (Å²) in [6, 6.07) is 12.5. The molecule has 2 aliphatic rings. The van der Waals surface area contributed by atoms with Gasteiger partial charge in [0.25, 0.3) is 0 Å². The summed E-state index contributed by atoms with van der Waals surface area (Å²) in [5.74, 6) is -0.769. The normalized spacial score (nSPS) is 19.6. The highest BCUT2D eigenvalue weighted by Gasteiger charge is 2.28. The first-order chi connectivity index (χ1) is 17.9. The lowest BCUT2D eigenvalue weighted by atomic mass is 9.82. The van der Waals surface area contributed by atoms with Gasteiger partial charge in [-0.3, -0.25) is 0 Å². The van der Waals surface area contributed by atoms with Crippen molar-refractivity contribution in [2.75, 3.05) is 25.1 Å². The van der Waals surface area contributed by atoms with Crippen LogP contribution >= 0.6 is 0 Å². The Morgan fingerprint density at radius 3 is 2.75 bits per heavy atom. The number of anilines is 1. The van der Waals surface area contributed by atoms with Crippen molar-refractivity contribution in [3.05, 3.63) is 77.6 Å². The van der Waals surface area contributed by atoms with Crippen LogP contribution in [0.5, 0.6) is 0 Å². The molecule has 1 aliphatic carbocycles. The van der Waals surface area contributed by atoms with Gasteiger partial charge in [0.1, 0.15) is 18.0 Å². The Bertz CT molecular complexity index is 1400. The summed E-state index contributed by atoms with van der Waals surface area (Å²) in [6.07, 6.45) is 7.98.